The highest BCUT2D eigenvalue weighted by molar-refractivity contribution is 5.82. The molecule has 3 fully saturated rings. The molecule has 2 saturated carbocycles. The average molecular weight is 181 g/mol. The summed E-state index contributed by atoms with van der Waals surface area (Å²) in [4.78, 5) is 11.5. The van der Waals surface area contributed by atoms with E-state index in [4.69, 9.17) is 4.74 Å². The quantitative estimate of drug-likeness (QED) is 0.669. The maximum absolute atomic E-state index is 11.5. The van der Waals surface area contributed by atoms with Gasteiger partial charge in [-0.05, 0) is 12.3 Å². The van der Waals surface area contributed by atoms with Gasteiger partial charge in [0.2, 0.25) is 5.91 Å². The zero-order chi connectivity index (χ0) is 9.00. The molecule has 0 aromatic carbocycles. The molecule has 1 N–H and O–H groups in total. The number of hydrogen-bond acceptors (Lipinski definition) is 2. The highest BCUT2D eigenvalue weighted by atomic mass is 16.5. The number of carbonyl (C=O) groups is 1. The van der Waals surface area contributed by atoms with Crippen LogP contribution in [0.5, 0.6) is 0 Å². The third kappa shape index (κ3) is 1.17. The molecule has 0 radical (unpaired) electrons. The number of rotatable bonds is 2. The van der Waals surface area contributed by atoms with Crippen LogP contribution in [0.1, 0.15) is 13.3 Å². The van der Waals surface area contributed by atoms with E-state index in [2.05, 4.69) is 12.2 Å². The van der Waals surface area contributed by atoms with Gasteiger partial charge in [-0.1, -0.05) is 6.92 Å². The molecule has 0 spiro atoms. The smallest absolute Gasteiger partial charge is 0.223 e. The van der Waals surface area contributed by atoms with Crippen molar-refractivity contribution in [1.29, 1.82) is 0 Å². The van der Waals surface area contributed by atoms with Gasteiger partial charge in [0.15, 0.2) is 0 Å². The summed E-state index contributed by atoms with van der Waals surface area (Å²) < 4.78 is 5.26. The minimum absolute atomic E-state index is 0.284. The zero-order valence-electron chi connectivity index (χ0n) is 7.82. The SMILES string of the molecule is CC1CC1C(=O)NC1[C@H]2COC[C@@H]12. The maximum Gasteiger partial charge on any atom is 0.223 e. The first-order valence-electron chi connectivity index (χ1n) is 5.15. The Morgan fingerprint density at radius 3 is 2.54 bits per heavy atom. The number of carbonyl (C=O) groups excluding carboxylic acids is 1. The highest BCUT2D eigenvalue weighted by Crippen LogP contribution is 2.45. The van der Waals surface area contributed by atoms with Gasteiger partial charge < -0.3 is 10.1 Å². The molecule has 13 heavy (non-hydrogen) atoms. The molecule has 0 aromatic heterocycles. The highest BCUT2D eigenvalue weighted by Gasteiger charge is 2.55. The molecule has 3 unspecified atom stereocenters. The van der Waals surface area contributed by atoms with Gasteiger partial charge in [-0.3, -0.25) is 4.79 Å². The van der Waals surface area contributed by atoms with Crippen LogP contribution in [0.15, 0.2) is 0 Å². The van der Waals surface area contributed by atoms with E-state index in [-0.39, 0.29) is 5.91 Å². The summed E-state index contributed by atoms with van der Waals surface area (Å²) in [6, 6.07) is 0.453. The molecule has 1 amide bonds. The monoisotopic (exact) mass is 181 g/mol. The van der Waals surface area contributed by atoms with Crippen LogP contribution < -0.4 is 5.32 Å². The van der Waals surface area contributed by atoms with Crippen LogP contribution >= 0.6 is 0 Å². The number of amides is 1. The molecular formula is C10H15NO2. The molecule has 1 aliphatic heterocycles. The Balaban J connectivity index is 1.51. The molecule has 3 nitrogen and oxygen atoms in total. The molecule has 3 aliphatic rings. The second-order valence-corrected chi connectivity index (χ2v) is 4.72. The molecule has 5 atom stereocenters. The Morgan fingerprint density at radius 2 is 2.00 bits per heavy atom. The van der Waals surface area contributed by atoms with Crippen molar-refractivity contribution < 1.29 is 9.53 Å². The third-order valence-corrected chi connectivity index (χ3v) is 3.71. The fourth-order valence-corrected chi connectivity index (χ4v) is 2.41. The van der Waals surface area contributed by atoms with Gasteiger partial charge in [0.1, 0.15) is 0 Å². The van der Waals surface area contributed by atoms with Gasteiger partial charge in [0, 0.05) is 23.8 Å². The molecular weight excluding hydrogens is 166 g/mol. The number of nitrogens with one attached hydrogen (secondary N) is 1. The van der Waals surface area contributed by atoms with Crippen LogP contribution in [0.25, 0.3) is 0 Å². The molecule has 1 saturated heterocycles. The van der Waals surface area contributed by atoms with E-state index < -0.39 is 0 Å². The molecule has 0 bridgehead atoms. The Labute approximate surface area is 77.8 Å². The van der Waals surface area contributed by atoms with E-state index in [1.165, 1.54) is 0 Å². The molecule has 3 heteroatoms. The van der Waals surface area contributed by atoms with Crippen LogP contribution in [0.4, 0.5) is 0 Å². The van der Waals surface area contributed by atoms with Gasteiger partial charge in [0.25, 0.3) is 0 Å². The minimum Gasteiger partial charge on any atom is -0.381 e. The van der Waals surface area contributed by atoms with E-state index in [0.717, 1.165) is 19.6 Å². The van der Waals surface area contributed by atoms with Crippen molar-refractivity contribution in [2.75, 3.05) is 13.2 Å². The summed E-state index contributed by atoms with van der Waals surface area (Å²) >= 11 is 0. The molecule has 72 valence electrons. The lowest BCUT2D eigenvalue weighted by Gasteiger charge is -2.06. The zero-order valence-corrected chi connectivity index (χ0v) is 7.82. The van der Waals surface area contributed by atoms with E-state index in [1.807, 2.05) is 0 Å². The topological polar surface area (TPSA) is 38.3 Å². The number of ether oxygens (including phenoxy) is 1. The summed E-state index contributed by atoms with van der Waals surface area (Å²) in [6.07, 6.45) is 1.09. The van der Waals surface area contributed by atoms with E-state index in [0.29, 0.717) is 29.7 Å². The first-order chi connectivity index (χ1) is 6.27. The normalized spacial score (nSPS) is 51.3. The predicted molar refractivity (Wildman–Crippen MR) is 47.0 cm³/mol. The average Bonchev–Trinajstić information content (AvgIpc) is 2.92. The van der Waals surface area contributed by atoms with Crippen LogP contribution in [-0.4, -0.2) is 25.2 Å². The largest absolute Gasteiger partial charge is 0.381 e. The van der Waals surface area contributed by atoms with E-state index in [1.54, 1.807) is 0 Å². The van der Waals surface area contributed by atoms with Crippen molar-refractivity contribution in [3.8, 4) is 0 Å². The fourth-order valence-electron chi connectivity index (χ4n) is 2.41. The Hall–Kier alpha value is -0.570. The van der Waals surface area contributed by atoms with Crippen molar-refractivity contribution in [1.82, 2.24) is 5.32 Å². The Kier molecular flexibility index (Phi) is 1.48. The Morgan fingerprint density at radius 1 is 1.38 bits per heavy atom. The summed E-state index contributed by atoms with van der Waals surface area (Å²) in [5.74, 6) is 2.50. The third-order valence-electron chi connectivity index (χ3n) is 3.71. The first kappa shape index (κ1) is 7.80. The fraction of sp³-hybridized carbons (Fsp3) is 0.900. The van der Waals surface area contributed by atoms with Gasteiger partial charge in [-0.25, -0.2) is 0 Å². The van der Waals surface area contributed by atoms with E-state index >= 15 is 0 Å². The van der Waals surface area contributed by atoms with Gasteiger partial charge >= 0.3 is 0 Å². The van der Waals surface area contributed by atoms with Gasteiger partial charge in [-0.15, -0.1) is 0 Å². The van der Waals surface area contributed by atoms with Crippen LogP contribution in [0.3, 0.4) is 0 Å². The van der Waals surface area contributed by atoms with Gasteiger partial charge in [-0.2, -0.15) is 0 Å². The number of fused-ring (bicyclic) bond motifs is 1. The lowest BCUT2D eigenvalue weighted by molar-refractivity contribution is -0.123. The van der Waals surface area contributed by atoms with Crippen LogP contribution in [0, 0.1) is 23.7 Å². The maximum atomic E-state index is 11.5. The second-order valence-electron chi connectivity index (χ2n) is 4.72. The van der Waals surface area contributed by atoms with Crippen molar-refractivity contribution >= 4 is 5.91 Å². The summed E-state index contributed by atoms with van der Waals surface area (Å²) in [5, 5.41) is 3.13. The Bertz CT molecular complexity index is 243. The predicted octanol–water partition coefficient (Wildman–Crippen LogP) is 0.403. The van der Waals surface area contributed by atoms with Crippen molar-refractivity contribution in [3.63, 3.8) is 0 Å². The molecule has 2 aliphatic carbocycles. The summed E-state index contributed by atoms with van der Waals surface area (Å²) in [6.45, 7) is 3.85. The molecule has 3 rings (SSSR count). The lowest BCUT2D eigenvalue weighted by Crippen LogP contribution is -2.31. The van der Waals surface area contributed by atoms with Crippen LogP contribution in [-0.2, 0) is 9.53 Å². The van der Waals surface area contributed by atoms with Crippen molar-refractivity contribution in [2.45, 2.75) is 19.4 Å². The molecule has 1 heterocycles. The van der Waals surface area contributed by atoms with Crippen LogP contribution in [0.2, 0.25) is 0 Å². The minimum atomic E-state index is 0.284. The summed E-state index contributed by atoms with van der Waals surface area (Å²) in [7, 11) is 0. The van der Waals surface area contributed by atoms with Gasteiger partial charge in [0.05, 0.1) is 13.2 Å². The summed E-state index contributed by atoms with van der Waals surface area (Å²) in [5.41, 5.74) is 0. The standard InChI is InChI=1S/C10H15NO2/c1-5-2-6(5)10(12)11-9-7-3-13-4-8(7)9/h5-9H,2-4H2,1H3,(H,11,12)/t5?,6?,7-,8+,9?. The first-order valence-corrected chi connectivity index (χ1v) is 5.15. The van der Waals surface area contributed by atoms with Crippen molar-refractivity contribution in [3.05, 3.63) is 0 Å². The van der Waals surface area contributed by atoms with E-state index in [9.17, 15) is 4.79 Å². The second kappa shape index (κ2) is 2.47. The molecule has 0 aromatic rings. The lowest BCUT2D eigenvalue weighted by atomic mass is 10.3. The van der Waals surface area contributed by atoms with Crippen molar-refractivity contribution in [2.24, 2.45) is 23.7 Å². The number of hydrogen-bond donors (Lipinski definition) is 1.